The number of carboxylic acid groups (broad SMARTS) is 1. The molecule has 0 spiro atoms. The van der Waals surface area contributed by atoms with Crippen LogP contribution in [0.5, 0.6) is 0 Å². The van der Waals surface area contributed by atoms with E-state index in [1.165, 1.54) is 18.2 Å². The quantitative estimate of drug-likeness (QED) is 0.560. The molecular formula is C22H28O4P+. The van der Waals surface area contributed by atoms with Crippen LogP contribution in [0, 0.1) is 11.8 Å². The van der Waals surface area contributed by atoms with Crippen LogP contribution in [0.4, 0.5) is 0 Å². The van der Waals surface area contributed by atoms with E-state index in [1.54, 1.807) is 0 Å². The smallest absolute Gasteiger partial charge is 0.481 e. The van der Waals surface area contributed by atoms with Crippen molar-refractivity contribution in [1.29, 1.82) is 0 Å². The average Bonchev–Trinajstić information content (AvgIpc) is 2.65. The van der Waals surface area contributed by atoms with E-state index in [2.05, 4.69) is 24.3 Å². The third-order valence-corrected chi connectivity index (χ3v) is 6.12. The first-order valence-electron chi connectivity index (χ1n) is 9.25. The molecule has 2 aromatic rings. The Kier molecular flexibility index (Phi) is 8.15. The second-order valence-corrected chi connectivity index (χ2v) is 8.89. The number of carboxylic acids is 1. The van der Waals surface area contributed by atoms with Gasteiger partial charge in [-0.15, -0.1) is 4.52 Å². The van der Waals surface area contributed by atoms with Gasteiger partial charge in [0.2, 0.25) is 5.66 Å². The van der Waals surface area contributed by atoms with E-state index in [0.717, 1.165) is 12.0 Å². The van der Waals surface area contributed by atoms with E-state index in [0.29, 0.717) is 12.8 Å². The first-order chi connectivity index (χ1) is 12.9. The van der Waals surface area contributed by atoms with Crippen LogP contribution in [0.15, 0.2) is 54.6 Å². The zero-order chi connectivity index (χ0) is 19.8. The topological polar surface area (TPSA) is 63.6 Å². The molecule has 0 amide bonds. The summed E-state index contributed by atoms with van der Waals surface area (Å²) in [6.07, 6.45) is 1.76. The van der Waals surface area contributed by atoms with Crippen LogP contribution in [0.1, 0.15) is 37.0 Å². The largest absolute Gasteiger partial charge is 0.512 e. The molecule has 4 nitrogen and oxygen atoms in total. The van der Waals surface area contributed by atoms with Gasteiger partial charge in [-0.2, -0.15) is 0 Å². The van der Waals surface area contributed by atoms with Crippen molar-refractivity contribution in [3.05, 3.63) is 71.3 Å². The SMILES string of the molecule is CO[P+](=O)C(Cc1ccc(Cc2ccccc2)cc1)C(CC(C)C)C(=O)O. The highest BCUT2D eigenvalue weighted by Crippen LogP contribution is 2.38. The van der Waals surface area contributed by atoms with Gasteiger partial charge in [0, 0.05) is 6.42 Å². The van der Waals surface area contributed by atoms with Crippen molar-refractivity contribution in [1.82, 2.24) is 0 Å². The summed E-state index contributed by atoms with van der Waals surface area (Å²) in [4.78, 5) is 11.8. The highest BCUT2D eigenvalue weighted by molar-refractivity contribution is 7.40. The monoisotopic (exact) mass is 387 g/mol. The van der Waals surface area contributed by atoms with E-state index in [1.807, 2.05) is 44.2 Å². The van der Waals surface area contributed by atoms with Gasteiger partial charge in [0.15, 0.2) is 0 Å². The van der Waals surface area contributed by atoms with Gasteiger partial charge in [-0.1, -0.05) is 68.4 Å². The van der Waals surface area contributed by atoms with Gasteiger partial charge >= 0.3 is 14.0 Å². The number of hydrogen-bond acceptors (Lipinski definition) is 3. The number of hydrogen-bond donors (Lipinski definition) is 1. The molecule has 0 aliphatic rings. The Morgan fingerprint density at radius 2 is 1.56 bits per heavy atom. The molecule has 2 aromatic carbocycles. The van der Waals surface area contributed by atoms with E-state index >= 15 is 0 Å². The minimum Gasteiger partial charge on any atom is -0.481 e. The molecule has 0 saturated carbocycles. The minimum absolute atomic E-state index is 0.210. The van der Waals surface area contributed by atoms with Crippen molar-refractivity contribution in [2.24, 2.45) is 11.8 Å². The number of benzene rings is 2. The first-order valence-corrected chi connectivity index (χ1v) is 10.5. The summed E-state index contributed by atoms with van der Waals surface area (Å²) in [5.74, 6) is -1.38. The second-order valence-electron chi connectivity index (χ2n) is 7.29. The molecule has 5 heteroatoms. The van der Waals surface area contributed by atoms with Crippen LogP contribution in [0.2, 0.25) is 0 Å². The first kappa shape index (κ1) is 21.3. The summed E-state index contributed by atoms with van der Waals surface area (Å²) in [5.41, 5.74) is 2.88. The standard InChI is InChI=1S/C22H27O4P/c1-16(2)13-20(22(23)24)21(27(25)26-3)15-19-11-9-18(10-12-19)14-17-7-5-4-6-8-17/h4-12,16,20-21H,13-15H2,1-3H3/p+1. The molecule has 0 bridgehead atoms. The lowest BCUT2D eigenvalue weighted by Crippen LogP contribution is -2.29. The van der Waals surface area contributed by atoms with Gasteiger partial charge in [-0.05, 0) is 40.0 Å². The van der Waals surface area contributed by atoms with Crippen LogP contribution < -0.4 is 0 Å². The van der Waals surface area contributed by atoms with Gasteiger partial charge < -0.3 is 5.11 Å². The Bertz CT molecular complexity index is 741. The van der Waals surface area contributed by atoms with Gasteiger partial charge in [-0.3, -0.25) is 4.79 Å². The predicted molar refractivity (Wildman–Crippen MR) is 108 cm³/mol. The second kappa shape index (κ2) is 10.3. The van der Waals surface area contributed by atoms with E-state index in [4.69, 9.17) is 4.52 Å². The summed E-state index contributed by atoms with van der Waals surface area (Å²) >= 11 is 0. The summed E-state index contributed by atoms with van der Waals surface area (Å²) in [7, 11) is -0.668. The Morgan fingerprint density at radius 3 is 2.07 bits per heavy atom. The Balaban J connectivity index is 2.14. The lowest BCUT2D eigenvalue weighted by Gasteiger charge is -2.17. The Hall–Kier alpha value is -2.03. The van der Waals surface area contributed by atoms with Gasteiger partial charge in [0.1, 0.15) is 5.92 Å². The maximum atomic E-state index is 12.4. The molecule has 0 fully saturated rings. The third-order valence-electron chi connectivity index (χ3n) is 4.68. The normalized spacial score (nSPS) is 14.0. The van der Waals surface area contributed by atoms with E-state index in [-0.39, 0.29) is 5.92 Å². The summed E-state index contributed by atoms with van der Waals surface area (Å²) < 4.78 is 17.5. The fourth-order valence-electron chi connectivity index (χ4n) is 3.30. The zero-order valence-electron chi connectivity index (χ0n) is 16.2. The number of rotatable bonds is 10. The van der Waals surface area contributed by atoms with Crippen molar-refractivity contribution in [2.75, 3.05) is 7.11 Å². The highest BCUT2D eigenvalue weighted by Gasteiger charge is 2.43. The lowest BCUT2D eigenvalue weighted by atomic mass is 9.90. The van der Waals surface area contributed by atoms with Crippen molar-refractivity contribution in [2.45, 2.75) is 38.8 Å². The van der Waals surface area contributed by atoms with E-state index < -0.39 is 25.6 Å². The fourth-order valence-corrected chi connectivity index (χ4v) is 4.47. The van der Waals surface area contributed by atoms with Gasteiger partial charge in [0.25, 0.3) is 0 Å². The molecule has 1 N–H and O–H groups in total. The number of carbonyl (C=O) groups is 1. The molecule has 0 aliphatic heterocycles. The van der Waals surface area contributed by atoms with Crippen LogP contribution in [0.25, 0.3) is 0 Å². The van der Waals surface area contributed by atoms with Crippen LogP contribution in [-0.4, -0.2) is 23.8 Å². The Labute approximate surface area is 162 Å². The highest BCUT2D eigenvalue weighted by atomic mass is 31.1. The Morgan fingerprint density at radius 1 is 1.00 bits per heavy atom. The molecule has 0 aromatic heterocycles. The van der Waals surface area contributed by atoms with Crippen LogP contribution in [-0.2, 0) is 26.7 Å². The van der Waals surface area contributed by atoms with Crippen molar-refractivity contribution >= 4 is 14.0 Å². The van der Waals surface area contributed by atoms with Crippen LogP contribution >= 0.6 is 8.03 Å². The molecular weight excluding hydrogens is 359 g/mol. The van der Waals surface area contributed by atoms with Crippen molar-refractivity contribution < 1.29 is 19.0 Å². The summed E-state index contributed by atoms with van der Waals surface area (Å²) in [6.45, 7) is 3.95. The zero-order valence-corrected chi connectivity index (χ0v) is 17.1. The fraction of sp³-hybridized carbons (Fsp3) is 0.409. The molecule has 0 radical (unpaired) electrons. The lowest BCUT2D eigenvalue weighted by molar-refractivity contribution is -0.142. The molecule has 0 aliphatic carbocycles. The molecule has 27 heavy (non-hydrogen) atoms. The van der Waals surface area contributed by atoms with Gasteiger partial charge in [-0.25, -0.2) is 0 Å². The third kappa shape index (κ3) is 6.57. The van der Waals surface area contributed by atoms with Gasteiger partial charge in [0.05, 0.1) is 7.11 Å². The van der Waals surface area contributed by atoms with Crippen LogP contribution in [0.3, 0.4) is 0 Å². The summed E-state index contributed by atoms with van der Waals surface area (Å²) in [6, 6.07) is 18.3. The molecule has 3 unspecified atom stereocenters. The molecule has 2 rings (SSSR count). The minimum atomic E-state index is -2.05. The predicted octanol–water partition coefficient (Wildman–Crippen LogP) is 5.32. The number of aliphatic carboxylic acids is 1. The molecule has 0 saturated heterocycles. The maximum Gasteiger partial charge on any atom is 0.512 e. The van der Waals surface area contributed by atoms with Crippen molar-refractivity contribution in [3.63, 3.8) is 0 Å². The average molecular weight is 387 g/mol. The molecule has 0 heterocycles. The maximum absolute atomic E-state index is 12.4. The molecule has 144 valence electrons. The summed E-state index contributed by atoms with van der Waals surface area (Å²) in [5, 5.41) is 9.64. The van der Waals surface area contributed by atoms with E-state index in [9.17, 15) is 14.5 Å². The van der Waals surface area contributed by atoms with Crippen molar-refractivity contribution in [3.8, 4) is 0 Å². The molecule has 3 atom stereocenters.